The number of piperidine rings is 1. The molecule has 19 heavy (non-hydrogen) atoms. The molecule has 0 amide bonds. The minimum atomic E-state index is 0.267. The molecule has 110 valence electrons. The second kappa shape index (κ2) is 6.57. The summed E-state index contributed by atoms with van der Waals surface area (Å²) in [6.45, 7) is 6.28. The van der Waals surface area contributed by atoms with E-state index in [9.17, 15) is 0 Å². The van der Waals surface area contributed by atoms with E-state index in [0.29, 0.717) is 11.9 Å². The molecular weight excluding hydrogens is 242 g/mol. The topological polar surface area (TPSA) is 71.1 Å². The summed E-state index contributed by atoms with van der Waals surface area (Å²) in [4.78, 5) is 2.50. The van der Waals surface area contributed by atoms with E-state index >= 15 is 0 Å². The molecule has 0 aromatic rings. The Balaban J connectivity index is 1.79. The number of likely N-dealkylation sites (tertiary alicyclic amines) is 1. The predicted molar refractivity (Wildman–Crippen MR) is 75.4 cm³/mol. The fraction of sp³-hybridized carbons (Fsp3) is 0.929. The Morgan fingerprint density at radius 2 is 2.32 bits per heavy atom. The lowest BCUT2D eigenvalue weighted by Gasteiger charge is -2.35. The molecule has 1 unspecified atom stereocenters. The van der Waals surface area contributed by atoms with Gasteiger partial charge in [0.05, 0.1) is 6.10 Å². The van der Waals surface area contributed by atoms with Gasteiger partial charge in [-0.3, -0.25) is 0 Å². The van der Waals surface area contributed by atoms with E-state index < -0.39 is 0 Å². The molecule has 0 radical (unpaired) electrons. The van der Waals surface area contributed by atoms with Gasteiger partial charge >= 0.3 is 0 Å². The van der Waals surface area contributed by atoms with Gasteiger partial charge < -0.3 is 20.6 Å². The number of hydrogen-bond acceptors (Lipinski definition) is 4. The molecule has 0 bridgehead atoms. The Kier molecular flexibility index (Phi) is 5.05. The minimum absolute atomic E-state index is 0.267. The van der Waals surface area contributed by atoms with Gasteiger partial charge in [-0.1, -0.05) is 12.1 Å². The summed E-state index contributed by atoms with van der Waals surface area (Å²) in [5.41, 5.74) is 5.92. The fourth-order valence-electron chi connectivity index (χ4n) is 3.04. The molecule has 5 heteroatoms. The summed E-state index contributed by atoms with van der Waals surface area (Å²) in [6.07, 6.45) is 7.00. The molecule has 0 spiro atoms. The van der Waals surface area contributed by atoms with E-state index in [1.54, 1.807) is 0 Å². The van der Waals surface area contributed by atoms with Crippen molar-refractivity contribution >= 4 is 5.84 Å². The lowest BCUT2D eigenvalue weighted by atomic mass is 9.99. The van der Waals surface area contributed by atoms with Gasteiger partial charge in [-0.05, 0) is 44.1 Å². The van der Waals surface area contributed by atoms with Gasteiger partial charge in [0.15, 0.2) is 0 Å². The molecule has 1 saturated heterocycles. The van der Waals surface area contributed by atoms with Crippen molar-refractivity contribution in [2.45, 2.75) is 51.6 Å². The first-order valence-corrected chi connectivity index (χ1v) is 7.48. The zero-order chi connectivity index (χ0) is 13.7. The van der Waals surface area contributed by atoms with E-state index in [2.05, 4.69) is 17.0 Å². The summed E-state index contributed by atoms with van der Waals surface area (Å²) in [5, 5.41) is 11.8. The molecule has 1 atom stereocenters. The fourth-order valence-corrected chi connectivity index (χ4v) is 3.04. The molecular formula is C14H27N3O2. The first-order valence-electron chi connectivity index (χ1n) is 7.48. The van der Waals surface area contributed by atoms with Crippen molar-refractivity contribution in [3.63, 3.8) is 0 Å². The van der Waals surface area contributed by atoms with Gasteiger partial charge in [-0.2, -0.15) is 0 Å². The molecule has 1 saturated carbocycles. The number of nitrogens with zero attached hydrogens (tertiary/aromatic N) is 2. The highest BCUT2D eigenvalue weighted by atomic mass is 16.5. The molecule has 0 aromatic heterocycles. The van der Waals surface area contributed by atoms with E-state index in [1.807, 2.05) is 0 Å². The Morgan fingerprint density at radius 1 is 1.53 bits per heavy atom. The van der Waals surface area contributed by atoms with Crippen LogP contribution in [0.4, 0.5) is 0 Å². The van der Waals surface area contributed by atoms with Crippen molar-refractivity contribution < 1.29 is 9.94 Å². The van der Waals surface area contributed by atoms with Crippen molar-refractivity contribution in [3.05, 3.63) is 0 Å². The van der Waals surface area contributed by atoms with Crippen molar-refractivity contribution in [1.29, 1.82) is 0 Å². The van der Waals surface area contributed by atoms with Crippen LogP contribution in [0.3, 0.4) is 0 Å². The first-order chi connectivity index (χ1) is 9.17. The second-order valence-corrected chi connectivity index (χ2v) is 6.14. The number of rotatable bonds is 7. The average Bonchev–Trinajstić information content (AvgIpc) is 3.16. The third-order valence-electron chi connectivity index (χ3n) is 4.22. The average molecular weight is 269 g/mol. The monoisotopic (exact) mass is 269 g/mol. The number of amidine groups is 1. The Labute approximate surface area is 115 Å². The zero-order valence-corrected chi connectivity index (χ0v) is 12.0. The maximum atomic E-state index is 8.70. The highest BCUT2D eigenvalue weighted by Gasteiger charge is 2.45. The van der Waals surface area contributed by atoms with Crippen LogP contribution < -0.4 is 5.73 Å². The molecule has 1 aliphatic carbocycles. The highest BCUT2D eigenvalue weighted by Crippen LogP contribution is 2.49. The largest absolute Gasteiger partial charge is 0.409 e. The zero-order valence-electron chi connectivity index (χ0n) is 12.0. The summed E-state index contributed by atoms with van der Waals surface area (Å²) >= 11 is 0. The molecule has 2 aliphatic rings. The normalized spacial score (nSPS) is 27.4. The highest BCUT2D eigenvalue weighted by molar-refractivity contribution is 5.80. The second-order valence-electron chi connectivity index (χ2n) is 6.14. The van der Waals surface area contributed by atoms with Crippen LogP contribution in [-0.2, 0) is 4.74 Å². The molecule has 2 rings (SSSR count). The summed E-state index contributed by atoms with van der Waals surface area (Å²) in [5.74, 6) is 0.369. The third kappa shape index (κ3) is 4.35. The van der Waals surface area contributed by atoms with Crippen LogP contribution in [0.2, 0.25) is 0 Å². The maximum Gasteiger partial charge on any atom is 0.139 e. The van der Waals surface area contributed by atoms with Crippen LogP contribution in [-0.4, -0.2) is 48.3 Å². The maximum absolute atomic E-state index is 8.70. The quantitative estimate of drug-likeness (QED) is 0.320. The molecule has 5 nitrogen and oxygen atoms in total. The van der Waals surface area contributed by atoms with Gasteiger partial charge in [0.1, 0.15) is 5.84 Å². The lowest BCUT2D eigenvalue weighted by molar-refractivity contribution is -0.00484. The van der Waals surface area contributed by atoms with Gasteiger partial charge in [-0.25, -0.2) is 0 Å². The van der Waals surface area contributed by atoms with Crippen molar-refractivity contribution in [3.8, 4) is 0 Å². The minimum Gasteiger partial charge on any atom is -0.409 e. The van der Waals surface area contributed by atoms with E-state index in [1.165, 1.54) is 25.7 Å². The Bertz CT molecular complexity index is 316. The van der Waals surface area contributed by atoms with Crippen LogP contribution >= 0.6 is 0 Å². The third-order valence-corrected chi connectivity index (χ3v) is 4.22. The van der Waals surface area contributed by atoms with Crippen LogP contribution in [0.1, 0.15) is 45.4 Å². The van der Waals surface area contributed by atoms with Crippen LogP contribution in [0, 0.1) is 5.41 Å². The van der Waals surface area contributed by atoms with E-state index in [-0.39, 0.29) is 5.41 Å². The Morgan fingerprint density at radius 3 is 2.95 bits per heavy atom. The van der Waals surface area contributed by atoms with Gasteiger partial charge in [0.2, 0.25) is 0 Å². The van der Waals surface area contributed by atoms with Crippen molar-refractivity contribution in [2.24, 2.45) is 16.3 Å². The van der Waals surface area contributed by atoms with Crippen LogP contribution in [0.5, 0.6) is 0 Å². The van der Waals surface area contributed by atoms with E-state index in [0.717, 1.165) is 39.1 Å². The van der Waals surface area contributed by atoms with Crippen molar-refractivity contribution in [2.75, 3.05) is 26.2 Å². The molecule has 0 aromatic carbocycles. The summed E-state index contributed by atoms with van der Waals surface area (Å²) in [6, 6.07) is 0. The standard InChI is InChI=1S/C14H27N3O2/c1-2-8-19-12-4-3-7-17(10-12)11-14(5-6-14)9-13(15)16-18/h12,18H,2-11H2,1H3,(H2,15,16). The molecule has 3 N–H and O–H groups in total. The number of ether oxygens (including phenoxy) is 1. The predicted octanol–water partition coefficient (Wildman–Crippen LogP) is 1.79. The first kappa shape index (κ1) is 14.6. The Hall–Kier alpha value is -0.810. The lowest BCUT2D eigenvalue weighted by Crippen LogP contribution is -2.43. The van der Waals surface area contributed by atoms with Crippen LogP contribution in [0.25, 0.3) is 0 Å². The van der Waals surface area contributed by atoms with E-state index in [4.69, 9.17) is 15.7 Å². The summed E-state index contributed by atoms with van der Waals surface area (Å²) in [7, 11) is 0. The van der Waals surface area contributed by atoms with Gasteiger partial charge in [0, 0.05) is 26.1 Å². The molecule has 2 fully saturated rings. The summed E-state index contributed by atoms with van der Waals surface area (Å²) < 4.78 is 5.87. The number of hydrogen-bond donors (Lipinski definition) is 2. The van der Waals surface area contributed by atoms with Crippen molar-refractivity contribution in [1.82, 2.24) is 4.90 Å². The van der Waals surface area contributed by atoms with Crippen LogP contribution in [0.15, 0.2) is 5.16 Å². The molecule has 1 aliphatic heterocycles. The van der Waals surface area contributed by atoms with Gasteiger partial charge in [-0.15, -0.1) is 0 Å². The smallest absolute Gasteiger partial charge is 0.139 e. The molecule has 1 heterocycles. The number of nitrogens with two attached hydrogens (primary N) is 1. The van der Waals surface area contributed by atoms with Gasteiger partial charge in [0.25, 0.3) is 0 Å². The SMILES string of the molecule is CCCOC1CCCN(CC2(CC(N)=NO)CC2)C1. The number of oxime groups is 1.